The van der Waals surface area contributed by atoms with Crippen LogP contribution in [0, 0.1) is 0 Å². The molecule has 0 bridgehead atoms. The van der Waals surface area contributed by atoms with Gasteiger partial charge in [0.1, 0.15) is 7.05 Å². The number of aryl methyl sites for hydroxylation is 3. The number of methoxy groups -OCH3 is 1. The van der Waals surface area contributed by atoms with E-state index in [2.05, 4.69) is 52.7 Å². The van der Waals surface area contributed by atoms with E-state index in [0.29, 0.717) is 13.4 Å². The van der Waals surface area contributed by atoms with Crippen molar-refractivity contribution in [2.75, 3.05) is 60.3 Å². The molecule has 2 aromatic carbocycles. The van der Waals surface area contributed by atoms with E-state index in [4.69, 9.17) is 18.9 Å². The van der Waals surface area contributed by atoms with Crippen molar-refractivity contribution in [1.82, 2.24) is 9.80 Å². The number of likely N-dealkylation sites (N-methyl/N-ethyl adjacent to an activating group) is 1. The van der Waals surface area contributed by atoms with Gasteiger partial charge in [-0.1, -0.05) is 0 Å². The van der Waals surface area contributed by atoms with Crippen molar-refractivity contribution in [2.45, 2.75) is 19.3 Å². The lowest BCUT2D eigenvalue weighted by Crippen LogP contribution is -3.00. The molecule has 3 aliphatic rings. The summed E-state index contributed by atoms with van der Waals surface area (Å²) < 4.78 is 25.7. The zero-order valence-electron chi connectivity index (χ0n) is 21.3. The fourth-order valence-corrected chi connectivity index (χ4v) is 5.65. The third-order valence-corrected chi connectivity index (χ3v) is 7.65. The summed E-state index contributed by atoms with van der Waals surface area (Å²) in [6.07, 6.45) is 2.96. The fraction of sp³-hybridized carbons (Fsp3) is 0.464. The van der Waals surface area contributed by atoms with Crippen LogP contribution in [0.1, 0.15) is 17.5 Å². The highest BCUT2D eigenvalue weighted by Crippen LogP contribution is 2.43. The Bertz CT molecular complexity index is 1270. The second kappa shape index (κ2) is 10.3. The monoisotopic (exact) mass is 511 g/mol. The number of rotatable bonds is 6. The van der Waals surface area contributed by atoms with Crippen LogP contribution < -0.4 is 35.9 Å². The average molecular weight is 512 g/mol. The minimum atomic E-state index is 0. The lowest BCUT2D eigenvalue weighted by molar-refractivity contribution is -0.634. The molecule has 0 saturated carbocycles. The van der Waals surface area contributed by atoms with Gasteiger partial charge in [0, 0.05) is 44.4 Å². The molecule has 6 rings (SSSR count). The predicted molar refractivity (Wildman–Crippen MR) is 135 cm³/mol. The van der Waals surface area contributed by atoms with Gasteiger partial charge >= 0.3 is 0 Å². The molecule has 1 saturated heterocycles. The van der Waals surface area contributed by atoms with Crippen LogP contribution in [0.25, 0.3) is 22.2 Å². The molecule has 3 aromatic rings. The van der Waals surface area contributed by atoms with E-state index >= 15 is 0 Å². The average Bonchev–Trinajstić information content (AvgIpc) is 3.33. The maximum absolute atomic E-state index is 6.42. The molecule has 0 atom stereocenters. The number of hydrogen-bond donors (Lipinski definition) is 0. The summed E-state index contributed by atoms with van der Waals surface area (Å²) in [6.45, 7) is 6.60. The number of nitrogens with zero attached hydrogens (tertiary/aromatic N) is 3. The number of pyridine rings is 1. The largest absolute Gasteiger partial charge is 1.00 e. The van der Waals surface area contributed by atoms with Crippen molar-refractivity contribution in [1.29, 1.82) is 0 Å². The molecule has 1 aliphatic carbocycles. The number of halogens is 1. The molecular formula is C28H34ClN3O4. The number of benzene rings is 2. The van der Waals surface area contributed by atoms with Crippen molar-refractivity contribution >= 4 is 10.9 Å². The standard InChI is InChI=1S/C28H34N3O4.ClH/c1-29-10-12-31(13-11-29)9-4-14-33-28-22-15-20-6-5-19-16-25-26(35-18-34-25)17-21(19)27(20)30(2)23(22)7-8-24(28)32-3;/h7-8,15-17H,4-6,9-14,18H2,1-3H3;1H/q+1;/p-1. The van der Waals surface area contributed by atoms with Crippen LogP contribution in [0.5, 0.6) is 23.0 Å². The normalized spacial score (nSPS) is 16.9. The molecule has 7 nitrogen and oxygen atoms in total. The van der Waals surface area contributed by atoms with Crippen LogP contribution in [0.2, 0.25) is 0 Å². The Balaban J connectivity index is 0.00000267. The van der Waals surface area contributed by atoms with Crippen molar-refractivity contribution in [2.24, 2.45) is 7.05 Å². The molecule has 3 heterocycles. The molecule has 0 N–H and O–H groups in total. The van der Waals surface area contributed by atoms with Gasteiger partial charge in [0.05, 0.1) is 24.7 Å². The third kappa shape index (κ3) is 4.44. The van der Waals surface area contributed by atoms with Crippen molar-refractivity contribution in [3.05, 3.63) is 41.5 Å². The van der Waals surface area contributed by atoms with Gasteiger partial charge in [0.25, 0.3) is 0 Å². The van der Waals surface area contributed by atoms with Crippen LogP contribution >= 0.6 is 0 Å². The van der Waals surface area contributed by atoms with Crippen molar-refractivity contribution in [3.8, 4) is 34.3 Å². The van der Waals surface area contributed by atoms with Gasteiger partial charge in [-0.3, -0.25) is 0 Å². The van der Waals surface area contributed by atoms with E-state index in [-0.39, 0.29) is 12.4 Å². The van der Waals surface area contributed by atoms with Crippen LogP contribution in [0.4, 0.5) is 0 Å². The van der Waals surface area contributed by atoms with E-state index in [0.717, 1.165) is 85.9 Å². The Morgan fingerprint density at radius 1 is 0.972 bits per heavy atom. The quantitative estimate of drug-likeness (QED) is 0.348. The molecule has 0 radical (unpaired) electrons. The van der Waals surface area contributed by atoms with Gasteiger partial charge in [0.2, 0.25) is 18.0 Å². The molecule has 1 aromatic heterocycles. The summed E-state index contributed by atoms with van der Waals surface area (Å²) >= 11 is 0. The van der Waals surface area contributed by atoms with Gasteiger partial charge < -0.3 is 41.2 Å². The van der Waals surface area contributed by atoms with Crippen LogP contribution in [0.15, 0.2) is 30.3 Å². The van der Waals surface area contributed by atoms with Crippen LogP contribution in [-0.4, -0.2) is 70.1 Å². The molecule has 1 fully saturated rings. The fourth-order valence-electron chi connectivity index (χ4n) is 5.65. The molecule has 8 heteroatoms. The first-order valence-electron chi connectivity index (χ1n) is 12.6. The molecule has 192 valence electrons. The lowest BCUT2D eigenvalue weighted by atomic mass is 9.87. The van der Waals surface area contributed by atoms with Crippen LogP contribution in [-0.2, 0) is 19.9 Å². The summed E-state index contributed by atoms with van der Waals surface area (Å²) in [4.78, 5) is 4.92. The second-order valence-corrected chi connectivity index (χ2v) is 9.82. The van der Waals surface area contributed by atoms with E-state index in [9.17, 15) is 0 Å². The summed E-state index contributed by atoms with van der Waals surface area (Å²) in [5.74, 6) is 3.32. The first-order chi connectivity index (χ1) is 17.1. The predicted octanol–water partition coefficient (Wildman–Crippen LogP) is 0.188. The Labute approximate surface area is 218 Å². The number of fused-ring (bicyclic) bond motifs is 5. The van der Waals surface area contributed by atoms with Gasteiger partial charge in [-0.05, 0) is 56.1 Å². The Morgan fingerprint density at radius 2 is 1.72 bits per heavy atom. The summed E-state index contributed by atoms with van der Waals surface area (Å²) in [7, 11) is 6.05. The van der Waals surface area contributed by atoms with E-state index < -0.39 is 0 Å². The van der Waals surface area contributed by atoms with E-state index in [1.165, 1.54) is 22.4 Å². The molecule has 2 aliphatic heterocycles. The smallest absolute Gasteiger partial charge is 0.231 e. The highest BCUT2D eigenvalue weighted by molar-refractivity contribution is 5.88. The molecule has 0 amide bonds. The summed E-state index contributed by atoms with van der Waals surface area (Å²) in [5, 5.41) is 1.11. The summed E-state index contributed by atoms with van der Waals surface area (Å²) in [5.41, 5.74) is 6.23. The van der Waals surface area contributed by atoms with Gasteiger partial charge in [-0.2, -0.15) is 4.57 Å². The SMILES string of the molecule is COc1ccc2c(cc3c([n+]2C)-c2cc4c(cc2CC3)OCO4)c1OCCCN1CCN(C)CC1.[Cl-]. The van der Waals surface area contributed by atoms with Crippen molar-refractivity contribution < 1.29 is 35.9 Å². The Hall–Kier alpha value is -2.74. The maximum Gasteiger partial charge on any atom is 0.231 e. The lowest BCUT2D eigenvalue weighted by Gasteiger charge is -2.32. The number of ether oxygens (including phenoxy) is 4. The maximum atomic E-state index is 6.42. The molecule has 0 spiro atoms. The first-order valence-corrected chi connectivity index (χ1v) is 12.6. The van der Waals surface area contributed by atoms with E-state index in [1.54, 1.807) is 7.11 Å². The Morgan fingerprint density at radius 3 is 2.50 bits per heavy atom. The molecule has 36 heavy (non-hydrogen) atoms. The first kappa shape index (κ1) is 24.9. The minimum Gasteiger partial charge on any atom is -1.00 e. The Kier molecular flexibility index (Phi) is 7.15. The third-order valence-electron chi connectivity index (χ3n) is 7.65. The van der Waals surface area contributed by atoms with E-state index in [1.807, 2.05) is 6.07 Å². The van der Waals surface area contributed by atoms with Gasteiger partial charge in [-0.25, -0.2) is 0 Å². The number of piperazine rings is 1. The topological polar surface area (TPSA) is 47.3 Å². The van der Waals surface area contributed by atoms with Gasteiger partial charge in [-0.15, -0.1) is 0 Å². The zero-order valence-corrected chi connectivity index (χ0v) is 22.1. The number of hydrogen-bond acceptors (Lipinski definition) is 6. The minimum absolute atomic E-state index is 0. The highest BCUT2D eigenvalue weighted by atomic mass is 35.5. The highest BCUT2D eigenvalue weighted by Gasteiger charge is 2.30. The summed E-state index contributed by atoms with van der Waals surface area (Å²) in [6, 6.07) is 10.7. The molecular weight excluding hydrogens is 478 g/mol. The second-order valence-electron chi connectivity index (χ2n) is 9.82. The number of aromatic nitrogens is 1. The van der Waals surface area contributed by atoms with Crippen molar-refractivity contribution in [3.63, 3.8) is 0 Å². The van der Waals surface area contributed by atoms with Crippen LogP contribution in [0.3, 0.4) is 0 Å². The van der Waals surface area contributed by atoms with Gasteiger partial charge in [0.15, 0.2) is 23.0 Å². The zero-order chi connectivity index (χ0) is 23.9. The molecule has 0 unspecified atom stereocenters.